The maximum Gasteiger partial charge on any atom is 0.253 e. The van der Waals surface area contributed by atoms with Crippen molar-refractivity contribution in [2.24, 2.45) is 0 Å². The van der Waals surface area contributed by atoms with E-state index in [-0.39, 0.29) is 12.0 Å². The molecular formula is C13H19BrN2O2S. The van der Waals surface area contributed by atoms with Crippen LogP contribution in [0, 0.1) is 0 Å². The van der Waals surface area contributed by atoms with Crippen LogP contribution in [0.2, 0.25) is 0 Å². The molecule has 0 aromatic carbocycles. The van der Waals surface area contributed by atoms with Crippen molar-refractivity contribution in [3.8, 4) is 0 Å². The van der Waals surface area contributed by atoms with E-state index in [1.165, 1.54) is 4.88 Å². The van der Waals surface area contributed by atoms with E-state index in [9.17, 15) is 4.79 Å². The number of halogens is 1. The van der Waals surface area contributed by atoms with Gasteiger partial charge in [0.05, 0.1) is 16.9 Å². The van der Waals surface area contributed by atoms with Crippen molar-refractivity contribution in [1.29, 1.82) is 0 Å². The van der Waals surface area contributed by atoms with Crippen molar-refractivity contribution in [2.45, 2.75) is 19.6 Å². The van der Waals surface area contributed by atoms with Crippen LogP contribution in [0.4, 0.5) is 0 Å². The first-order valence-corrected chi connectivity index (χ1v) is 8.04. The van der Waals surface area contributed by atoms with Crippen LogP contribution in [0.5, 0.6) is 0 Å². The van der Waals surface area contributed by atoms with Crippen LogP contribution in [0.1, 0.15) is 11.8 Å². The van der Waals surface area contributed by atoms with Crippen molar-refractivity contribution in [3.05, 3.63) is 20.8 Å². The SMILES string of the molecule is CCN(Cc1ccc(Br)s1)C(=O)[C@@H]1CN(C)CCO1. The number of ether oxygens (including phenoxy) is 1. The fourth-order valence-electron chi connectivity index (χ4n) is 2.10. The van der Waals surface area contributed by atoms with Gasteiger partial charge in [-0.3, -0.25) is 4.79 Å². The Morgan fingerprint density at radius 3 is 3.00 bits per heavy atom. The Morgan fingerprint density at radius 2 is 2.42 bits per heavy atom. The Balaban J connectivity index is 1.98. The molecule has 2 rings (SSSR count). The number of hydrogen-bond donors (Lipinski definition) is 0. The Kier molecular flexibility index (Phi) is 5.38. The molecule has 1 atom stereocenters. The largest absolute Gasteiger partial charge is 0.366 e. The van der Waals surface area contributed by atoms with E-state index in [0.29, 0.717) is 26.2 Å². The van der Waals surface area contributed by atoms with E-state index >= 15 is 0 Å². The van der Waals surface area contributed by atoms with E-state index in [1.54, 1.807) is 11.3 Å². The van der Waals surface area contributed by atoms with Gasteiger partial charge in [0.15, 0.2) is 0 Å². The molecule has 0 aliphatic carbocycles. The third kappa shape index (κ3) is 4.02. The molecule has 19 heavy (non-hydrogen) atoms. The summed E-state index contributed by atoms with van der Waals surface area (Å²) < 4.78 is 6.69. The molecule has 1 amide bonds. The molecule has 0 bridgehead atoms. The second-order valence-electron chi connectivity index (χ2n) is 4.68. The number of hydrogen-bond acceptors (Lipinski definition) is 4. The molecule has 0 spiro atoms. The standard InChI is InChI=1S/C13H19BrN2O2S/c1-3-16(8-10-4-5-12(14)19-10)13(17)11-9-15(2)6-7-18-11/h4-5,11H,3,6-9H2,1-2H3/t11-/m0/s1. The molecule has 106 valence electrons. The molecule has 1 aromatic rings. The quantitative estimate of drug-likeness (QED) is 0.837. The molecule has 1 aliphatic heterocycles. The zero-order valence-electron chi connectivity index (χ0n) is 11.3. The number of thiophene rings is 1. The summed E-state index contributed by atoms with van der Waals surface area (Å²) in [5, 5.41) is 0. The predicted octanol–water partition coefficient (Wildman–Crippen LogP) is 2.19. The van der Waals surface area contributed by atoms with E-state index in [2.05, 4.69) is 26.9 Å². The van der Waals surface area contributed by atoms with Crippen LogP contribution in [-0.2, 0) is 16.1 Å². The molecule has 1 fully saturated rings. The number of carbonyl (C=O) groups is 1. The van der Waals surface area contributed by atoms with Gasteiger partial charge in [-0.1, -0.05) is 0 Å². The van der Waals surface area contributed by atoms with Gasteiger partial charge in [0.2, 0.25) is 0 Å². The van der Waals surface area contributed by atoms with Gasteiger partial charge in [0.25, 0.3) is 5.91 Å². The van der Waals surface area contributed by atoms with Crippen LogP contribution < -0.4 is 0 Å². The van der Waals surface area contributed by atoms with Gasteiger partial charge in [-0.05, 0) is 42.0 Å². The first-order valence-electron chi connectivity index (χ1n) is 6.43. The highest BCUT2D eigenvalue weighted by atomic mass is 79.9. The molecule has 0 unspecified atom stereocenters. The summed E-state index contributed by atoms with van der Waals surface area (Å²) in [5.41, 5.74) is 0. The van der Waals surface area contributed by atoms with Gasteiger partial charge in [-0.2, -0.15) is 0 Å². The van der Waals surface area contributed by atoms with Crippen LogP contribution in [-0.4, -0.2) is 55.1 Å². The first kappa shape index (κ1) is 15.0. The summed E-state index contributed by atoms with van der Waals surface area (Å²) in [4.78, 5) is 17.6. The van der Waals surface area contributed by atoms with Crippen LogP contribution in [0.3, 0.4) is 0 Å². The second-order valence-corrected chi connectivity index (χ2v) is 7.23. The fraction of sp³-hybridized carbons (Fsp3) is 0.615. The average Bonchev–Trinajstić information content (AvgIpc) is 2.81. The number of likely N-dealkylation sites (N-methyl/N-ethyl adjacent to an activating group) is 2. The minimum atomic E-state index is -0.317. The molecule has 0 N–H and O–H groups in total. The van der Waals surface area contributed by atoms with Crippen molar-refractivity contribution in [1.82, 2.24) is 9.80 Å². The summed E-state index contributed by atoms with van der Waals surface area (Å²) >= 11 is 5.12. The molecule has 6 heteroatoms. The number of carbonyl (C=O) groups excluding carboxylic acids is 1. The second kappa shape index (κ2) is 6.83. The molecular weight excluding hydrogens is 328 g/mol. The van der Waals surface area contributed by atoms with Gasteiger partial charge in [0, 0.05) is 24.5 Å². The lowest BCUT2D eigenvalue weighted by atomic mass is 10.2. The van der Waals surface area contributed by atoms with E-state index in [1.807, 2.05) is 24.9 Å². The number of amides is 1. The van der Waals surface area contributed by atoms with Crippen molar-refractivity contribution in [3.63, 3.8) is 0 Å². The first-order chi connectivity index (χ1) is 9.10. The topological polar surface area (TPSA) is 32.8 Å². The third-order valence-corrected chi connectivity index (χ3v) is 4.82. The predicted molar refractivity (Wildman–Crippen MR) is 80.3 cm³/mol. The summed E-state index contributed by atoms with van der Waals surface area (Å²) in [6, 6.07) is 4.07. The van der Waals surface area contributed by atoms with E-state index in [4.69, 9.17) is 4.74 Å². The Morgan fingerprint density at radius 1 is 1.63 bits per heavy atom. The molecule has 0 saturated carbocycles. The van der Waals surface area contributed by atoms with Crippen molar-refractivity contribution < 1.29 is 9.53 Å². The highest BCUT2D eigenvalue weighted by Crippen LogP contribution is 2.23. The van der Waals surface area contributed by atoms with Crippen LogP contribution >= 0.6 is 27.3 Å². The lowest BCUT2D eigenvalue weighted by Gasteiger charge is -2.32. The minimum Gasteiger partial charge on any atom is -0.366 e. The molecule has 2 heterocycles. The maximum atomic E-state index is 12.5. The summed E-state index contributed by atoms with van der Waals surface area (Å²) in [6.45, 7) is 5.59. The average molecular weight is 347 g/mol. The highest BCUT2D eigenvalue weighted by Gasteiger charge is 2.28. The summed E-state index contributed by atoms with van der Waals surface area (Å²) in [5.74, 6) is 0.0959. The van der Waals surface area contributed by atoms with E-state index in [0.717, 1.165) is 10.3 Å². The minimum absolute atomic E-state index is 0.0959. The summed E-state index contributed by atoms with van der Waals surface area (Å²) in [6.07, 6.45) is -0.317. The van der Waals surface area contributed by atoms with E-state index < -0.39 is 0 Å². The number of nitrogens with zero attached hydrogens (tertiary/aromatic N) is 2. The number of morpholine rings is 1. The summed E-state index contributed by atoms with van der Waals surface area (Å²) in [7, 11) is 2.02. The molecule has 1 saturated heterocycles. The molecule has 1 aliphatic rings. The molecule has 0 radical (unpaired) electrons. The van der Waals surface area contributed by atoms with Crippen LogP contribution in [0.25, 0.3) is 0 Å². The Labute approximate surface area is 126 Å². The number of rotatable bonds is 4. The third-order valence-electron chi connectivity index (χ3n) is 3.21. The van der Waals surface area contributed by atoms with Gasteiger partial charge >= 0.3 is 0 Å². The fourth-order valence-corrected chi connectivity index (χ4v) is 3.60. The monoisotopic (exact) mass is 346 g/mol. The van der Waals surface area contributed by atoms with Gasteiger partial charge in [0.1, 0.15) is 6.10 Å². The van der Waals surface area contributed by atoms with Gasteiger partial charge in [-0.15, -0.1) is 11.3 Å². The normalized spacial score (nSPS) is 20.5. The van der Waals surface area contributed by atoms with Crippen LogP contribution in [0.15, 0.2) is 15.9 Å². The maximum absolute atomic E-state index is 12.5. The smallest absolute Gasteiger partial charge is 0.253 e. The lowest BCUT2D eigenvalue weighted by Crippen LogP contribution is -2.49. The Bertz CT molecular complexity index is 438. The lowest BCUT2D eigenvalue weighted by molar-refractivity contribution is -0.149. The highest BCUT2D eigenvalue weighted by molar-refractivity contribution is 9.11. The molecule has 4 nitrogen and oxygen atoms in total. The zero-order chi connectivity index (χ0) is 13.8. The van der Waals surface area contributed by atoms with Crippen molar-refractivity contribution in [2.75, 3.05) is 33.3 Å². The molecule has 1 aromatic heterocycles. The zero-order valence-corrected chi connectivity index (χ0v) is 13.7. The van der Waals surface area contributed by atoms with Gasteiger partial charge in [-0.25, -0.2) is 0 Å². The Hall–Kier alpha value is -0.430. The van der Waals surface area contributed by atoms with Gasteiger partial charge < -0.3 is 14.5 Å². The van der Waals surface area contributed by atoms with Crippen molar-refractivity contribution >= 4 is 33.2 Å².